The average Bonchev–Trinajstić information content (AvgIpc) is 2.86. The van der Waals surface area contributed by atoms with Crippen LogP contribution in [0.5, 0.6) is 0 Å². The van der Waals surface area contributed by atoms with Gasteiger partial charge in [-0.15, -0.1) is 0 Å². The summed E-state index contributed by atoms with van der Waals surface area (Å²) in [6.45, 7) is 2.30. The Balaban J connectivity index is 1.21. The number of nitrogens with zero attached hydrogens (tertiary/aromatic N) is 3. The molecule has 3 aromatic rings. The molecule has 0 bridgehead atoms. The molecule has 10 heteroatoms. The van der Waals surface area contributed by atoms with Gasteiger partial charge < -0.3 is 21.5 Å². The van der Waals surface area contributed by atoms with E-state index in [1.54, 1.807) is 36.7 Å². The minimum atomic E-state index is -3.72. The molecule has 2 aromatic heterocycles. The Hall–Kier alpha value is -3.05. The summed E-state index contributed by atoms with van der Waals surface area (Å²) >= 11 is 0. The number of nitrogens with two attached hydrogens (primary N) is 1. The van der Waals surface area contributed by atoms with Crippen molar-refractivity contribution in [3.05, 3.63) is 66.5 Å². The van der Waals surface area contributed by atoms with Crippen LogP contribution in [-0.2, 0) is 10.0 Å². The van der Waals surface area contributed by atoms with Gasteiger partial charge in [-0.1, -0.05) is 18.2 Å². The third-order valence-corrected chi connectivity index (χ3v) is 8.78. The van der Waals surface area contributed by atoms with Crippen LogP contribution in [0.2, 0.25) is 0 Å². The smallest absolute Gasteiger partial charge is 0.243 e. The minimum Gasteiger partial charge on any atom is -0.390 e. The predicted octanol–water partition coefficient (Wildman–Crippen LogP) is 2.59. The zero-order valence-corrected chi connectivity index (χ0v) is 21.0. The zero-order valence-electron chi connectivity index (χ0n) is 20.2. The van der Waals surface area contributed by atoms with E-state index in [1.165, 1.54) is 4.31 Å². The van der Waals surface area contributed by atoms with Crippen LogP contribution in [0.25, 0.3) is 11.1 Å². The molecule has 1 aliphatic carbocycles. The third kappa shape index (κ3) is 5.36. The quantitative estimate of drug-likeness (QED) is 0.383. The minimum absolute atomic E-state index is 0.0257. The van der Waals surface area contributed by atoms with Crippen LogP contribution < -0.4 is 16.4 Å². The van der Waals surface area contributed by atoms with E-state index >= 15 is 0 Å². The summed E-state index contributed by atoms with van der Waals surface area (Å²) in [4.78, 5) is 9.00. The van der Waals surface area contributed by atoms with Crippen molar-refractivity contribution in [1.29, 1.82) is 0 Å². The number of nitrogens with one attached hydrogen (secondary N) is 2. The van der Waals surface area contributed by atoms with Gasteiger partial charge in [0, 0.05) is 43.1 Å². The average molecular weight is 509 g/mol. The molecular formula is C26H32N6O3S. The maximum absolute atomic E-state index is 13.2. The molecule has 0 radical (unpaired) electrons. The lowest BCUT2D eigenvalue weighted by Gasteiger charge is -2.35. The van der Waals surface area contributed by atoms with Gasteiger partial charge in [0.15, 0.2) is 0 Å². The number of hydrogen-bond acceptors (Lipinski definition) is 8. The van der Waals surface area contributed by atoms with Crippen molar-refractivity contribution >= 4 is 21.7 Å². The summed E-state index contributed by atoms with van der Waals surface area (Å²) in [6, 6.07) is 14.9. The highest BCUT2D eigenvalue weighted by atomic mass is 32.2. The summed E-state index contributed by atoms with van der Waals surface area (Å²) < 4.78 is 27.8. The lowest BCUT2D eigenvalue weighted by molar-refractivity contribution is 0.0949. The fraction of sp³-hybridized carbons (Fsp3) is 0.385. The van der Waals surface area contributed by atoms with Gasteiger partial charge in [-0.3, -0.25) is 0 Å². The maximum Gasteiger partial charge on any atom is 0.243 e. The first-order valence-electron chi connectivity index (χ1n) is 12.2. The fourth-order valence-corrected chi connectivity index (χ4v) is 6.11. The van der Waals surface area contributed by atoms with E-state index in [0.717, 1.165) is 35.3 Å². The summed E-state index contributed by atoms with van der Waals surface area (Å²) in [7, 11) is -3.72. The van der Waals surface area contributed by atoms with Crippen molar-refractivity contribution in [2.24, 2.45) is 5.73 Å². The van der Waals surface area contributed by atoms with Gasteiger partial charge in [-0.25, -0.2) is 18.4 Å². The van der Waals surface area contributed by atoms with Crippen LogP contribution in [0, 0.1) is 6.92 Å². The van der Waals surface area contributed by atoms with Crippen molar-refractivity contribution in [1.82, 2.24) is 14.3 Å². The second-order valence-corrected chi connectivity index (χ2v) is 11.7. The van der Waals surface area contributed by atoms with E-state index in [-0.39, 0.29) is 23.5 Å². The van der Waals surface area contributed by atoms with Crippen LogP contribution in [0.1, 0.15) is 24.8 Å². The van der Waals surface area contributed by atoms with Crippen LogP contribution in [0.4, 0.5) is 11.6 Å². The molecule has 0 unspecified atom stereocenters. The lowest BCUT2D eigenvalue weighted by Crippen LogP contribution is -2.51. The molecule has 5 rings (SSSR count). The van der Waals surface area contributed by atoms with Crippen molar-refractivity contribution in [2.75, 3.05) is 23.7 Å². The molecule has 1 aliphatic heterocycles. The first kappa shape index (κ1) is 24.6. The molecule has 2 aliphatic rings. The van der Waals surface area contributed by atoms with Crippen molar-refractivity contribution in [2.45, 2.75) is 55.3 Å². The second-order valence-electron chi connectivity index (χ2n) is 9.72. The second kappa shape index (κ2) is 10.1. The SMILES string of the molecule is Cc1ccc(N[C@@H]2CCN(S(=O)(=O)c3ccc(-c4ccc(N[C@H]5C[C@@H](N)C5)nc4)cc3)C[C@@H]2O)nc1. The Morgan fingerprint density at radius 2 is 1.61 bits per heavy atom. The first-order valence-corrected chi connectivity index (χ1v) is 13.7. The summed E-state index contributed by atoms with van der Waals surface area (Å²) in [5.74, 6) is 1.48. The lowest BCUT2D eigenvalue weighted by atomic mass is 9.88. The molecule has 1 saturated carbocycles. The number of hydrogen-bond donors (Lipinski definition) is 4. The number of rotatable bonds is 7. The number of aromatic nitrogens is 2. The van der Waals surface area contributed by atoms with E-state index < -0.39 is 16.1 Å². The molecule has 1 saturated heterocycles. The van der Waals surface area contributed by atoms with Gasteiger partial charge in [-0.05, 0) is 67.6 Å². The van der Waals surface area contributed by atoms with Gasteiger partial charge >= 0.3 is 0 Å². The van der Waals surface area contributed by atoms with E-state index in [1.807, 2.05) is 31.2 Å². The van der Waals surface area contributed by atoms with Crippen molar-refractivity contribution < 1.29 is 13.5 Å². The molecule has 190 valence electrons. The number of aliphatic hydroxyl groups excluding tert-OH is 1. The molecule has 2 fully saturated rings. The van der Waals surface area contributed by atoms with Gasteiger partial charge in [0.25, 0.3) is 0 Å². The molecule has 0 spiro atoms. The molecule has 1 aromatic carbocycles. The highest BCUT2D eigenvalue weighted by Crippen LogP contribution is 2.27. The number of sulfonamides is 1. The maximum atomic E-state index is 13.2. The topological polar surface area (TPSA) is 133 Å². The number of piperidine rings is 1. The molecule has 0 amide bonds. The predicted molar refractivity (Wildman–Crippen MR) is 140 cm³/mol. The Morgan fingerprint density at radius 1 is 0.944 bits per heavy atom. The van der Waals surface area contributed by atoms with E-state index in [2.05, 4.69) is 20.6 Å². The first-order chi connectivity index (χ1) is 17.3. The standard InChI is InChI=1S/C26H32N6O3S/c1-17-2-8-26(28-14-17)31-23-10-11-32(16-24(23)33)36(34,35)22-6-3-18(4-7-22)19-5-9-25(29-15-19)30-21-12-20(27)13-21/h2-9,14-15,20-21,23-24,33H,10-13,16,27H2,1H3,(H,28,31)(H,29,30)/t20-,21+,23-,24+/m1/s1. The molecule has 5 N–H and O–H groups in total. The highest BCUT2D eigenvalue weighted by molar-refractivity contribution is 7.89. The summed E-state index contributed by atoms with van der Waals surface area (Å²) in [5.41, 5.74) is 8.67. The largest absolute Gasteiger partial charge is 0.390 e. The fourth-order valence-electron chi connectivity index (χ4n) is 4.64. The van der Waals surface area contributed by atoms with Crippen molar-refractivity contribution in [3.8, 4) is 11.1 Å². The molecule has 9 nitrogen and oxygen atoms in total. The monoisotopic (exact) mass is 508 g/mol. The Labute approximate surface area is 211 Å². The van der Waals surface area contributed by atoms with Gasteiger partial charge in [0.1, 0.15) is 11.6 Å². The van der Waals surface area contributed by atoms with E-state index in [9.17, 15) is 13.5 Å². The zero-order chi connectivity index (χ0) is 25.3. The van der Waals surface area contributed by atoms with Gasteiger partial charge in [0.05, 0.1) is 17.0 Å². The summed E-state index contributed by atoms with van der Waals surface area (Å²) in [5, 5.41) is 17.2. The number of aliphatic hydroxyl groups is 1. The molecule has 2 atom stereocenters. The third-order valence-electron chi connectivity index (χ3n) is 6.90. The van der Waals surface area contributed by atoms with Gasteiger partial charge in [0.2, 0.25) is 10.0 Å². The van der Waals surface area contributed by atoms with Gasteiger partial charge in [-0.2, -0.15) is 4.31 Å². The van der Waals surface area contributed by atoms with Crippen LogP contribution in [0.15, 0.2) is 65.8 Å². The number of β-amino-alcohol motifs (C(OH)–C–C–N with tert-alkyl or cyclic N) is 1. The highest BCUT2D eigenvalue weighted by Gasteiger charge is 2.35. The molecule has 3 heterocycles. The van der Waals surface area contributed by atoms with Crippen LogP contribution in [0.3, 0.4) is 0 Å². The number of anilines is 2. The normalized spacial score (nSPS) is 24.6. The number of pyridine rings is 2. The Morgan fingerprint density at radius 3 is 2.22 bits per heavy atom. The van der Waals surface area contributed by atoms with Crippen LogP contribution in [-0.4, -0.2) is 65.1 Å². The molecular weight excluding hydrogens is 476 g/mol. The van der Waals surface area contributed by atoms with E-state index in [0.29, 0.717) is 24.8 Å². The van der Waals surface area contributed by atoms with E-state index in [4.69, 9.17) is 5.73 Å². The number of benzene rings is 1. The Kier molecular flexibility index (Phi) is 6.94. The van der Waals surface area contributed by atoms with Crippen molar-refractivity contribution in [3.63, 3.8) is 0 Å². The summed E-state index contributed by atoms with van der Waals surface area (Å²) in [6.07, 6.45) is 5.08. The van der Waals surface area contributed by atoms with Crippen LogP contribution >= 0.6 is 0 Å². The Bertz CT molecular complexity index is 1280. The molecule has 36 heavy (non-hydrogen) atoms. The number of aryl methyl sites for hydroxylation is 1.